The Morgan fingerprint density at radius 2 is 1.56 bits per heavy atom. The van der Waals surface area contributed by atoms with E-state index in [1.54, 1.807) is 18.2 Å². The number of carboxylic acid groups (broad SMARTS) is 1. The van der Waals surface area contributed by atoms with Crippen LogP contribution in [-0.2, 0) is 11.2 Å². The average Bonchev–Trinajstić information content (AvgIpc) is 2.99. The van der Waals surface area contributed by atoms with Crippen molar-refractivity contribution in [1.82, 2.24) is 14.7 Å². The fourth-order valence-corrected chi connectivity index (χ4v) is 5.29. The fraction of sp³-hybridized carbons (Fsp3) is 0.281. The second kappa shape index (κ2) is 15.8. The predicted octanol–water partition coefficient (Wildman–Crippen LogP) is 8.76. The highest BCUT2D eigenvalue weighted by Gasteiger charge is 2.18. The molecule has 1 heterocycles. The lowest BCUT2D eigenvalue weighted by Gasteiger charge is -2.14. The van der Waals surface area contributed by atoms with Gasteiger partial charge >= 0.3 is 5.97 Å². The van der Waals surface area contributed by atoms with Gasteiger partial charge in [0.15, 0.2) is 5.82 Å². The maximum Gasteiger partial charge on any atom is 0.321 e. The van der Waals surface area contributed by atoms with Gasteiger partial charge in [0.05, 0.1) is 16.7 Å². The van der Waals surface area contributed by atoms with E-state index in [1.165, 1.54) is 37.6 Å². The third-order valence-corrected chi connectivity index (χ3v) is 8.15. The van der Waals surface area contributed by atoms with Crippen LogP contribution in [-0.4, -0.2) is 33.7 Å². The van der Waals surface area contributed by atoms with Gasteiger partial charge in [-0.3, -0.25) is 4.79 Å². The molecule has 0 bridgehead atoms. The Kier molecular flexibility index (Phi) is 11.9. The van der Waals surface area contributed by atoms with Gasteiger partial charge in [0.25, 0.3) is 0 Å². The molecule has 214 valence electrons. The summed E-state index contributed by atoms with van der Waals surface area (Å²) >= 11 is 13.2. The van der Waals surface area contributed by atoms with Crippen molar-refractivity contribution in [2.75, 3.05) is 6.61 Å². The van der Waals surface area contributed by atoms with Crippen LogP contribution in [0.4, 0.5) is 0 Å². The van der Waals surface area contributed by atoms with Gasteiger partial charge in [0.1, 0.15) is 11.8 Å². The van der Waals surface area contributed by atoms with E-state index in [4.69, 9.17) is 27.9 Å². The highest BCUT2D eigenvalue weighted by atomic mass is 35.5. The summed E-state index contributed by atoms with van der Waals surface area (Å²) in [6, 6.07) is 20.0. The maximum atomic E-state index is 11.8. The smallest absolute Gasteiger partial charge is 0.321 e. The van der Waals surface area contributed by atoms with Crippen LogP contribution >= 0.6 is 35.1 Å². The molecule has 2 N–H and O–H groups in total. The van der Waals surface area contributed by atoms with Crippen molar-refractivity contribution in [3.63, 3.8) is 0 Å². The van der Waals surface area contributed by atoms with Crippen LogP contribution in [0.5, 0.6) is 5.75 Å². The zero-order valence-corrected chi connectivity index (χ0v) is 25.2. The fourth-order valence-electron chi connectivity index (χ4n) is 4.15. The average molecular weight is 611 g/mol. The molecule has 4 aromatic rings. The number of nitrogens with zero attached hydrogens (tertiary/aromatic N) is 2. The summed E-state index contributed by atoms with van der Waals surface area (Å²) in [6.45, 7) is 2.96. The van der Waals surface area contributed by atoms with Gasteiger partial charge < -0.3 is 9.84 Å². The topological polar surface area (TPSA) is 84.3 Å². The lowest BCUT2D eigenvalue weighted by molar-refractivity contribution is -0.138. The quantitative estimate of drug-likeness (QED) is 0.103. The van der Waals surface area contributed by atoms with Crippen molar-refractivity contribution in [2.24, 2.45) is 0 Å². The van der Waals surface area contributed by atoms with Crippen molar-refractivity contribution in [3.8, 4) is 28.3 Å². The number of carboxylic acids is 1. The van der Waals surface area contributed by atoms with E-state index >= 15 is 0 Å². The molecule has 1 atom stereocenters. The summed E-state index contributed by atoms with van der Waals surface area (Å²) in [4.78, 5) is 21.7. The molecule has 41 heavy (non-hydrogen) atoms. The standard InChI is InChI=1S/C32H33Cl2N3O3S/c1-2-3-4-5-6-17-40-26-13-11-23(12-14-26)25-20-35-31(36-21-25)24-9-7-22(8-10-24)18-30(32(38)39)37-41-27-15-16-28(33)29(34)19-27/h7-16,19-21,30,37H,2-6,17-18H2,1H3,(H,38,39). The highest BCUT2D eigenvalue weighted by Crippen LogP contribution is 2.27. The Balaban J connectivity index is 1.30. The Hall–Kier alpha value is -3.10. The molecule has 0 saturated carbocycles. The molecule has 0 aliphatic rings. The molecule has 1 aromatic heterocycles. The zero-order chi connectivity index (χ0) is 29.0. The van der Waals surface area contributed by atoms with Crippen molar-refractivity contribution in [2.45, 2.75) is 56.4 Å². The summed E-state index contributed by atoms with van der Waals surface area (Å²) in [5.74, 6) is 0.532. The van der Waals surface area contributed by atoms with Crippen LogP contribution < -0.4 is 9.46 Å². The van der Waals surface area contributed by atoms with Gasteiger partial charge in [-0.05, 0) is 66.2 Å². The van der Waals surface area contributed by atoms with Gasteiger partial charge in [-0.2, -0.15) is 0 Å². The molecular formula is C32H33Cl2N3O3S. The molecule has 3 aromatic carbocycles. The second-order valence-electron chi connectivity index (χ2n) is 9.67. The van der Waals surface area contributed by atoms with E-state index in [9.17, 15) is 9.90 Å². The van der Waals surface area contributed by atoms with Gasteiger partial charge in [-0.15, -0.1) is 0 Å². The van der Waals surface area contributed by atoms with Crippen LogP contribution in [0.3, 0.4) is 0 Å². The third kappa shape index (κ3) is 9.47. The second-order valence-corrected chi connectivity index (χ2v) is 11.4. The summed E-state index contributed by atoms with van der Waals surface area (Å²) < 4.78 is 8.87. The SMILES string of the molecule is CCCCCCCOc1ccc(-c2cnc(-c3ccc(CC(NSc4ccc(Cl)c(Cl)c4)C(=O)O)cc3)nc2)cc1. The van der Waals surface area contributed by atoms with Crippen LogP contribution in [0, 0.1) is 0 Å². The predicted molar refractivity (Wildman–Crippen MR) is 168 cm³/mol. The number of benzene rings is 3. The van der Waals surface area contributed by atoms with Crippen molar-refractivity contribution < 1.29 is 14.6 Å². The number of rotatable bonds is 15. The zero-order valence-electron chi connectivity index (χ0n) is 22.9. The Morgan fingerprint density at radius 3 is 2.22 bits per heavy atom. The van der Waals surface area contributed by atoms with Crippen molar-refractivity contribution >= 4 is 41.1 Å². The normalized spacial score (nSPS) is 11.8. The summed E-state index contributed by atoms with van der Waals surface area (Å²) in [5, 5.41) is 10.6. The number of hydrogen-bond donors (Lipinski definition) is 2. The van der Waals surface area contributed by atoms with Gasteiger partial charge in [-0.25, -0.2) is 14.7 Å². The van der Waals surface area contributed by atoms with Gasteiger partial charge in [0, 0.05) is 28.4 Å². The van der Waals surface area contributed by atoms with Crippen molar-refractivity contribution in [1.29, 1.82) is 0 Å². The van der Waals surface area contributed by atoms with E-state index in [-0.39, 0.29) is 0 Å². The molecule has 0 amide bonds. The Bertz CT molecular complexity index is 1400. The summed E-state index contributed by atoms with van der Waals surface area (Å²) in [7, 11) is 0. The third-order valence-electron chi connectivity index (χ3n) is 6.52. The largest absolute Gasteiger partial charge is 0.494 e. The first-order valence-corrected chi connectivity index (χ1v) is 15.2. The first-order valence-electron chi connectivity index (χ1n) is 13.7. The Labute approximate surface area is 255 Å². The first-order chi connectivity index (χ1) is 19.9. The minimum Gasteiger partial charge on any atom is -0.494 e. The first kappa shape index (κ1) is 30.8. The molecule has 1 unspecified atom stereocenters. The van der Waals surface area contributed by atoms with E-state index in [0.717, 1.165) is 45.9 Å². The van der Waals surface area contributed by atoms with E-state index in [2.05, 4.69) is 21.6 Å². The van der Waals surface area contributed by atoms with E-state index in [1.807, 2.05) is 60.9 Å². The van der Waals surface area contributed by atoms with E-state index < -0.39 is 12.0 Å². The monoisotopic (exact) mass is 609 g/mol. The van der Waals surface area contributed by atoms with E-state index in [0.29, 0.717) is 22.3 Å². The molecule has 4 rings (SSSR count). The number of aromatic nitrogens is 2. The van der Waals surface area contributed by atoms with Crippen LogP contribution in [0.15, 0.2) is 84.0 Å². The molecule has 0 spiro atoms. The molecule has 0 fully saturated rings. The molecule has 6 nitrogen and oxygen atoms in total. The summed E-state index contributed by atoms with van der Waals surface area (Å²) in [6.07, 6.45) is 10.0. The number of aliphatic carboxylic acids is 1. The Morgan fingerprint density at radius 1 is 0.878 bits per heavy atom. The molecule has 9 heteroatoms. The van der Waals surface area contributed by atoms with Gasteiger partial charge in [0.2, 0.25) is 0 Å². The number of halogens is 2. The van der Waals surface area contributed by atoms with Crippen molar-refractivity contribution in [3.05, 3.63) is 94.7 Å². The van der Waals surface area contributed by atoms with Crippen LogP contribution in [0.25, 0.3) is 22.5 Å². The maximum absolute atomic E-state index is 11.8. The molecule has 0 radical (unpaired) electrons. The minimum absolute atomic E-state index is 0.308. The highest BCUT2D eigenvalue weighted by molar-refractivity contribution is 7.97. The lowest BCUT2D eigenvalue weighted by Crippen LogP contribution is -2.34. The van der Waals surface area contributed by atoms with Gasteiger partial charge in [-0.1, -0.05) is 92.2 Å². The number of nitrogens with one attached hydrogen (secondary N) is 1. The number of ether oxygens (including phenoxy) is 1. The molecule has 0 saturated heterocycles. The molecular weight excluding hydrogens is 577 g/mol. The number of carbonyl (C=O) groups is 1. The molecule has 0 aliphatic carbocycles. The van der Waals surface area contributed by atoms with Crippen LogP contribution in [0.2, 0.25) is 10.0 Å². The number of hydrogen-bond acceptors (Lipinski definition) is 6. The summed E-state index contributed by atoms with van der Waals surface area (Å²) in [5.41, 5.74) is 3.68. The van der Waals surface area contributed by atoms with Crippen LogP contribution in [0.1, 0.15) is 44.6 Å². The minimum atomic E-state index is -0.942. The molecule has 0 aliphatic heterocycles. The lowest BCUT2D eigenvalue weighted by atomic mass is 10.0. The number of unbranched alkanes of at least 4 members (excludes halogenated alkanes) is 4.